The minimum absolute atomic E-state index is 0.129. The summed E-state index contributed by atoms with van der Waals surface area (Å²) in [5.74, 6) is 0.727. The number of hydrogen-bond acceptors (Lipinski definition) is 6. The molecule has 41 heavy (non-hydrogen) atoms. The summed E-state index contributed by atoms with van der Waals surface area (Å²) in [6, 6.07) is 0. The number of aliphatic carboxylic acids is 1. The normalized spacial score (nSPS) is 40.9. The molecule has 4 aliphatic rings. The number of ether oxygens (including phenoxy) is 2. The van der Waals surface area contributed by atoms with E-state index >= 15 is 0 Å². The summed E-state index contributed by atoms with van der Waals surface area (Å²) in [5.41, 5.74) is -1.05. The van der Waals surface area contributed by atoms with Crippen LogP contribution in [-0.4, -0.2) is 50.3 Å². The van der Waals surface area contributed by atoms with Gasteiger partial charge in [-0.1, -0.05) is 54.8 Å². The van der Waals surface area contributed by atoms with Crippen molar-refractivity contribution >= 4 is 33.8 Å². The Hall–Kier alpha value is -1.41. The Bertz CT molecular complexity index is 1070. The highest BCUT2D eigenvalue weighted by Gasteiger charge is 2.64. The van der Waals surface area contributed by atoms with Gasteiger partial charge in [0.25, 0.3) is 0 Å². The molecule has 0 aromatic rings. The zero-order valence-electron chi connectivity index (χ0n) is 26.0. The van der Waals surface area contributed by atoms with Crippen LogP contribution in [-0.2, 0) is 23.9 Å². The third-order valence-electron chi connectivity index (χ3n) is 11.7. The molecule has 0 aromatic heterocycles. The number of aliphatic hydroxyl groups is 1. The molecule has 232 valence electrons. The van der Waals surface area contributed by atoms with Crippen LogP contribution in [0.25, 0.3) is 0 Å². The van der Waals surface area contributed by atoms with Crippen molar-refractivity contribution in [2.45, 2.75) is 135 Å². The third kappa shape index (κ3) is 6.30. The molecule has 0 spiro atoms. The van der Waals surface area contributed by atoms with Crippen molar-refractivity contribution in [3.8, 4) is 0 Å². The topological polar surface area (TPSA) is 110 Å². The summed E-state index contributed by atoms with van der Waals surface area (Å²) in [4.78, 5) is 35.5. The first kappa shape index (κ1) is 32.5. The van der Waals surface area contributed by atoms with Gasteiger partial charge in [-0.3, -0.25) is 14.4 Å². The van der Waals surface area contributed by atoms with Gasteiger partial charge in [0.05, 0.1) is 12.0 Å². The SMILES string of the molecule is CC(=O)O[C@H]1C[C@@](O)(CC(=O)O)CC2=CC(Br)[C@H]3[C@@H]4CC[C@H]([C@H](C)CCCC(C)(C)OC(C)=O)[C@@]4(C)CC[C@@H]3[C@]21C. The van der Waals surface area contributed by atoms with Crippen molar-refractivity contribution in [2.75, 3.05) is 0 Å². The van der Waals surface area contributed by atoms with E-state index in [1.165, 1.54) is 26.7 Å². The first-order valence-electron chi connectivity index (χ1n) is 15.6. The Morgan fingerprint density at radius 1 is 1.12 bits per heavy atom. The second-order valence-electron chi connectivity index (χ2n) is 14.9. The minimum atomic E-state index is -1.43. The predicted molar refractivity (Wildman–Crippen MR) is 160 cm³/mol. The van der Waals surface area contributed by atoms with Gasteiger partial charge in [0.15, 0.2) is 0 Å². The summed E-state index contributed by atoms with van der Waals surface area (Å²) >= 11 is 4.05. The van der Waals surface area contributed by atoms with Crippen molar-refractivity contribution in [1.82, 2.24) is 0 Å². The lowest BCUT2D eigenvalue weighted by molar-refractivity contribution is -0.177. The Kier molecular flexibility index (Phi) is 9.19. The van der Waals surface area contributed by atoms with Crippen molar-refractivity contribution in [2.24, 2.45) is 40.4 Å². The minimum Gasteiger partial charge on any atom is -0.481 e. The zero-order valence-corrected chi connectivity index (χ0v) is 27.6. The Morgan fingerprint density at radius 3 is 2.41 bits per heavy atom. The van der Waals surface area contributed by atoms with Gasteiger partial charge in [-0.2, -0.15) is 0 Å². The van der Waals surface area contributed by atoms with Crippen molar-refractivity contribution < 1.29 is 34.1 Å². The number of fused-ring (bicyclic) bond motifs is 5. The number of rotatable bonds is 9. The average molecular weight is 640 g/mol. The van der Waals surface area contributed by atoms with E-state index in [1.807, 2.05) is 13.8 Å². The summed E-state index contributed by atoms with van der Waals surface area (Å²) < 4.78 is 11.5. The monoisotopic (exact) mass is 638 g/mol. The lowest BCUT2D eigenvalue weighted by atomic mass is 9.45. The van der Waals surface area contributed by atoms with Gasteiger partial charge >= 0.3 is 17.9 Å². The van der Waals surface area contributed by atoms with E-state index in [9.17, 15) is 24.6 Å². The number of carbonyl (C=O) groups excluding carboxylic acids is 2. The van der Waals surface area contributed by atoms with E-state index in [0.717, 1.165) is 37.7 Å². The zero-order chi connectivity index (χ0) is 30.5. The molecule has 0 aromatic carbocycles. The van der Waals surface area contributed by atoms with Gasteiger partial charge in [-0.15, -0.1) is 0 Å². The van der Waals surface area contributed by atoms with E-state index in [0.29, 0.717) is 30.1 Å². The van der Waals surface area contributed by atoms with Crippen molar-refractivity contribution in [1.29, 1.82) is 0 Å². The highest BCUT2D eigenvalue weighted by atomic mass is 79.9. The number of carboxylic acids is 1. The van der Waals surface area contributed by atoms with Gasteiger partial charge in [0.1, 0.15) is 11.7 Å². The molecule has 0 bridgehead atoms. The van der Waals surface area contributed by atoms with Crippen LogP contribution in [0.4, 0.5) is 0 Å². The number of carboxylic acid groups (broad SMARTS) is 1. The van der Waals surface area contributed by atoms with E-state index < -0.39 is 28.7 Å². The highest BCUT2D eigenvalue weighted by Crippen LogP contribution is 2.69. The van der Waals surface area contributed by atoms with Crippen molar-refractivity contribution in [3.63, 3.8) is 0 Å². The smallest absolute Gasteiger partial charge is 0.306 e. The van der Waals surface area contributed by atoms with E-state index in [2.05, 4.69) is 42.8 Å². The van der Waals surface area contributed by atoms with Crippen LogP contribution in [0.3, 0.4) is 0 Å². The molecule has 0 aliphatic heterocycles. The number of esters is 2. The lowest BCUT2D eigenvalue weighted by Gasteiger charge is -2.62. The van der Waals surface area contributed by atoms with Crippen LogP contribution in [0, 0.1) is 40.4 Å². The molecular weight excluding hydrogens is 588 g/mol. The maximum absolute atomic E-state index is 12.3. The Balaban J connectivity index is 1.56. The molecule has 0 saturated heterocycles. The highest BCUT2D eigenvalue weighted by molar-refractivity contribution is 9.09. The maximum atomic E-state index is 12.3. The molecule has 1 unspecified atom stereocenters. The molecule has 10 atom stereocenters. The molecule has 3 saturated carbocycles. The summed E-state index contributed by atoms with van der Waals surface area (Å²) in [6.07, 6.45) is 9.26. The van der Waals surface area contributed by atoms with E-state index in [-0.39, 0.29) is 40.9 Å². The molecule has 0 heterocycles. The van der Waals surface area contributed by atoms with E-state index in [1.54, 1.807) is 0 Å². The molecule has 4 aliphatic carbocycles. The van der Waals surface area contributed by atoms with Crippen LogP contribution >= 0.6 is 15.9 Å². The van der Waals surface area contributed by atoms with Gasteiger partial charge < -0.3 is 19.7 Å². The van der Waals surface area contributed by atoms with Gasteiger partial charge in [0.2, 0.25) is 0 Å². The second kappa shape index (κ2) is 11.6. The molecule has 0 radical (unpaired) electrons. The van der Waals surface area contributed by atoms with E-state index in [4.69, 9.17) is 9.47 Å². The van der Waals surface area contributed by atoms with Crippen LogP contribution in [0.15, 0.2) is 11.6 Å². The van der Waals surface area contributed by atoms with Crippen LogP contribution in [0.5, 0.6) is 0 Å². The van der Waals surface area contributed by atoms with Gasteiger partial charge in [-0.25, -0.2) is 0 Å². The standard InChI is InChI=1S/C33H51BrO7/c1-19(9-8-13-30(4,5)41-21(3)36)23-10-11-24-29-25(12-14-31(23,24)6)32(7)22(15-26(29)34)16-33(39,18-28(37)38)17-27(32)40-20(2)35/h15,19,23-27,29,39H,8-14,16-18H2,1-7H3,(H,37,38)/t19-,23-,24+,25+,26?,27+,29+,31-,32+,33-/m1/s1. The molecule has 7 nitrogen and oxygen atoms in total. The fraction of sp³-hybridized carbons (Fsp3) is 0.848. The second-order valence-corrected chi connectivity index (χ2v) is 16.0. The quantitative estimate of drug-likeness (QED) is 0.162. The predicted octanol–water partition coefficient (Wildman–Crippen LogP) is 6.83. The fourth-order valence-corrected chi connectivity index (χ4v) is 11.0. The average Bonchev–Trinajstić information content (AvgIpc) is 3.16. The summed E-state index contributed by atoms with van der Waals surface area (Å²) in [6.45, 7) is 14.0. The maximum Gasteiger partial charge on any atom is 0.306 e. The summed E-state index contributed by atoms with van der Waals surface area (Å²) in [7, 11) is 0. The number of hydrogen-bond donors (Lipinski definition) is 2. The fourth-order valence-electron chi connectivity index (χ4n) is 9.99. The number of allylic oxidation sites excluding steroid dienone is 1. The first-order valence-corrected chi connectivity index (χ1v) is 16.5. The molecular formula is C33H51BrO7. The summed E-state index contributed by atoms with van der Waals surface area (Å²) in [5, 5.41) is 20.9. The molecule has 8 heteroatoms. The molecule has 3 fully saturated rings. The third-order valence-corrected chi connectivity index (χ3v) is 12.6. The number of carbonyl (C=O) groups is 3. The lowest BCUT2D eigenvalue weighted by Crippen LogP contribution is -2.61. The molecule has 0 amide bonds. The number of alkyl halides is 1. The van der Waals surface area contributed by atoms with Crippen LogP contribution in [0.2, 0.25) is 0 Å². The van der Waals surface area contributed by atoms with Gasteiger partial charge in [-0.05, 0) is 93.8 Å². The van der Waals surface area contributed by atoms with Gasteiger partial charge in [0, 0.05) is 30.5 Å². The Morgan fingerprint density at radius 2 is 1.80 bits per heavy atom. The van der Waals surface area contributed by atoms with Crippen molar-refractivity contribution in [3.05, 3.63) is 11.6 Å². The molecule has 4 rings (SSSR count). The number of halogens is 1. The largest absolute Gasteiger partial charge is 0.481 e. The Labute approximate surface area is 254 Å². The van der Waals surface area contributed by atoms with Crippen LogP contribution < -0.4 is 0 Å². The first-order chi connectivity index (χ1) is 18.9. The molecule has 2 N–H and O–H groups in total. The van der Waals surface area contributed by atoms with Crippen LogP contribution in [0.1, 0.15) is 113 Å².